The number of carbonyl (C=O) groups is 1. The van der Waals surface area contributed by atoms with Crippen molar-refractivity contribution in [2.45, 2.75) is 39.3 Å². The number of benzene rings is 1. The molecular weight excluding hydrogens is 286 g/mol. The number of amides is 1. The van der Waals surface area contributed by atoms with Crippen molar-refractivity contribution in [1.29, 1.82) is 0 Å². The lowest BCUT2D eigenvalue weighted by Gasteiger charge is -2.34. The summed E-state index contributed by atoms with van der Waals surface area (Å²) in [5, 5.41) is 3.06. The predicted molar refractivity (Wildman–Crippen MR) is 93.0 cm³/mol. The highest BCUT2D eigenvalue weighted by Crippen LogP contribution is 2.26. The molecule has 2 fully saturated rings. The lowest BCUT2D eigenvalue weighted by atomic mass is 9.85. The third-order valence-electron chi connectivity index (χ3n) is 5.28. The largest absolute Gasteiger partial charge is 0.352 e. The molecule has 4 nitrogen and oxygen atoms in total. The molecule has 1 aliphatic carbocycles. The Bertz CT molecular complexity index is 502. The second-order valence-corrected chi connectivity index (χ2v) is 6.87. The zero-order valence-electron chi connectivity index (χ0n) is 14.3. The lowest BCUT2D eigenvalue weighted by Crippen LogP contribution is -2.45. The van der Waals surface area contributed by atoms with Crippen LogP contribution in [-0.4, -0.2) is 48.4 Å². The van der Waals surface area contributed by atoms with E-state index in [1.54, 1.807) is 0 Å². The summed E-state index contributed by atoms with van der Waals surface area (Å²) in [7, 11) is 0. The standard InChI is InChI=1S/C19H29N3O/c1-2-21-10-12-22(13-11-21)15-17-8-6-16(7-9-17)14-20-19(23)18-4-3-5-18/h6-9,18H,2-5,10-15H2,1H3,(H,20,23). The van der Waals surface area contributed by atoms with Crippen LogP contribution in [0.2, 0.25) is 0 Å². The van der Waals surface area contributed by atoms with Gasteiger partial charge in [-0.25, -0.2) is 0 Å². The van der Waals surface area contributed by atoms with Crippen LogP contribution in [0.3, 0.4) is 0 Å². The molecule has 0 bridgehead atoms. The van der Waals surface area contributed by atoms with E-state index in [0.29, 0.717) is 6.54 Å². The summed E-state index contributed by atoms with van der Waals surface area (Å²) in [4.78, 5) is 16.9. The summed E-state index contributed by atoms with van der Waals surface area (Å²) >= 11 is 0. The molecular formula is C19H29N3O. The summed E-state index contributed by atoms with van der Waals surface area (Å²) in [6, 6.07) is 8.71. The van der Waals surface area contributed by atoms with Gasteiger partial charge in [0.2, 0.25) is 5.91 Å². The Balaban J connectivity index is 1.42. The highest BCUT2D eigenvalue weighted by Gasteiger charge is 2.24. The SMILES string of the molecule is CCN1CCN(Cc2ccc(CNC(=O)C3CCC3)cc2)CC1. The van der Waals surface area contributed by atoms with Gasteiger partial charge in [0.05, 0.1) is 0 Å². The fraction of sp³-hybridized carbons (Fsp3) is 0.632. The summed E-state index contributed by atoms with van der Waals surface area (Å²) in [6.45, 7) is 9.77. The van der Waals surface area contributed by atoms with Crippen molar-refractivity contribution in [3.05, 3.63) is 35.4 Å². The molecule has 1 saturated heterocycles. The maximum Gasteiger partial charge on any atom is 0.223 e. The molecule has 23 heavy (non-hydrogen) atoms. The van der Waals surface area contributed by atoms with Crippen LogP contribution in [0.25, 0.3) is 0 Å². The molecule has 0 atom stereocenters. The van der Waals surface area contributed by atoms with Crippen LogP contribution in [0.15, 0.2) is 24.3 Å². The monoisotopic (exact) mass is 315 g/mol. The predicted octanol–water partition coefficient (Wildman–Crippen LogP) is 2.24. The summed E-state index contributed by atoms with van der Waals surface area (Å²) in [6.07, 6.45) is 3.34. The van der Waals surface area contributed by atoms with Gasteiger partial charge in [0, 0.05) is 45.2 Å². The number of carbonyl (C=O) groups excluding carboxylic acids is 1. The third kappa shape index (κ3) is 4.55. The van der Waals surface area contributed by atoms with Crippen molar-refractivity contribution in [2.75, 3.05) is 32.7 Å². The number of nitrogens with zero attached hydrogens (tertiary/aromatic N) is 2. The van der Waals surface area contributed by atoms with Crippen LogP contribution in [0.1, 0.15) is 37.3 Å². The minimum Gasteiger partial charge on any atom is -0.352 e. The molecule has 0 aromatic heterocycles. The Hall–Kier alpha value is -1.39. The Morgan fingerprint density at radius 1 is 1.04 bits per heavy atom. The highest BCUT2D eigenvalue weighted by molar-refractivity contribution is 5.79. The number of piperazine rings is 1. The molecule has 4 heteroatoms. The normalized spacial score (nSPS) is 20.2. The van der Waals surface area contributed by atoms with Gasteiger partial charge >= 0.3 is 0 Å². The van der Waals surface area contributed by atoms with Gasteiger partial charge in [0.15, 0.2) is 0 Å². The first-order valence-electron chi connectivity index (χ1n) is 9.05. The minimum atomic E-state index is 0.231. The second kappa shape index (κ2) is 7.93. The van der Waals surface area contributed by atoms with Gasteiger partial charge in [0.1, 0.15) is 0 Å². The fourth-order valence-corrected chi connectivity index (χ4v) is 3.29. The molecule has 3 rings (SSSR count). The van der Waals surface area contributed by atoms with Gasteiger partial charge in [-0.3, -0.25) is 9.69 Å². The number of hydrogen-bond donors (Lipinski definition) is 1. The van der Waals surface area contributed by atoms with Crippen molar-refractivity contribution in [1.82, 2.24) is 15.1 Å². The van der Waals surface area contributed by atoms with Gasteiger partial charge < -0.3 is 10.2 Å². The van der Waals surface area contributed by atoms with Crippen LogP contribution in [0.5, 0.6) is 0 Å². The number of likely N-dealkylation sites (N-methyl/N-ethyl adjacent to an activating group) is 1. The molecule has 1 N–H and O–H groups in total. The van der Waals surface area contributed by atoms with Gasteiger partial charge in [-0.2, -0.15) is 0 Å². The zero-order valence-corrected chi connectivity index (χ0v) is 14.3. The van der Waals surface area contributed by atoms with Crippen LogP contribution < -0.4 is 5.32 Å². The molecule has 1 aliphatic heterocycles. The van der Waals surface area contributed by atoms with E-state index in [9.17, 15) is 4.79 Å². The molecule has 0 radical (unpaired) electrons. The molecule has 126 valence electrons. The summed E-state index contributed by atoms with van der Waals surface area (Å²) in [5.74, 6) is 0.505. The van der Waals surface area contributed by atoms with E-state index >= 15 is 0 Å². The van der Waals surface area contributed by atoms with Gasteiger partial charge in [-0.1, -0.05) is 37.6 Å². The van der Waals surface area contributed by atoms with E-state index in [1.165, 1.54) is 30.6 Å². The molecule has 0 spiro atoms. The van der Waals surface area contributed by atoms with Crippen LogP contribution in [0, 0.1) is 5.92 Å². The molecule has 1 aromatic rings. The van der Waals surface area contributed by atoms with E-state index in [-0.39, 0.29) is 11.8 Å². The molecule has 1 heterocycles. The first-order chi connectivity index (χ1) is 11.2. The number of nitrogens with one attached hydrogen (secondary N) is 1. The molecule has 2 aliphatic rings. The van der Waals surface area contributed by atoms with Crippen LogP contribution in [-0.2, 0) is 17.9 Å². The van der Waals surface area contributed by atoms with Crippen molar-refractivity contribution in [3.63, 3.8) is 0 Å². The van der Waals surface area contributed by atoms with E-state index < -0.39 is 0 Å². The molecule has 1 aromatic carbocycles. The smallest absolute Gasteiger partial charge is 0.223 e. The average molecular weight is 315 g/mol. The highest BCUT2D eigenvalue weighted by atomic mass is 16.1. The Morgan fingerprint density at radius 3 is 2.22 bits per heavy atom. The van der Waals surface area contributed by atoms with Crippen molar-refractivity contribution < 1.29 is 4.79 Å². The second-order valence-electron chi connectivity index (χ2n) is 6.87. The lowest BCUT2D eigenvalue weighted by molar-refractivity contribution is -0.127. The maximum absolute atomic E-state index is 11.9. The first-order valence-corrected chi connectivity index (χ1v) is 9.05. The van der Waals surface area contributed by atoms with E-state index in [2.05, 4.69) is 46.3 Å². The zero-order chi connectivity index (χ0) is 16.1. The van der Waals surface area contributed by atoms with E-state index in [1.807, 2.05) is 0 Å². The number of rotatable bonds is 6. The number of hydrogen-bond acceptors (Lipinski definition) is 3. The first kappa shape index (κ1) is 16.5. The molecule has 1 amide bonds. The maximum atomic E-state index is 11.9. The van der Waals surface area contributed by atoms with Gasteiger partial charge in [0.25, 0.3) is 0 Å². The van der Waals surface area contributed by atoms with Gasteiger partial charge in [-0.15, -0.1) is 0 Å². The van der Waals surface area contributed by atoms with Crippen LogP contribution >= 0.6 is 0 Å². The Labute approximate surface area is 139 Å². The van der Waals surface area contributed by atoms with Crippen molar-refractivity contribution in [3.8, 4) is 0 Å². The van der Waals surface area contributed by atoms with Gasteiger partial charge in [-0.05, 0) is 30.5 Å². The van der Waals surface area contributed by atoms with Crippen LogP contribution in [0.4, 0.5) is 0 Å². The minimum absolute atomic E-state index is 0.231. The topological polar surface area (TPSA) is 35.6 Å². The summed E-state index contributed by atoms with van der Waals surface area (Å²) < 4.78 is 0. The fourth-order valence-electron chi connectivity index (χ4n) is 3.29. The quantitative estimate of drug-likeness (QED) is 0.874. The average Bonchev–Trinajstić information content (AvgIpc) is 2.53. The third-order valence-corrected chi connectivity index (χ3v) is 5.28. The Kier molecular flexibility index (Phi) is 5.68. The molecule has 0 unspecified atom stereocenters. The van der Waals surface area contributed by atoms with E-state index in [4.69, 9.17) is 0 Å². The van der Waals surface area contributed by atoms with E-state index in [0.717, 1.165) is 39.0 Å². The van der Waals surface area contributed by atoms with Crippen molar-refractivity contribution >= 4 is 5.91 Å². The molecule has 1 saturated carbocycles. The Morgan fingerprint density at radius 2 is 1.65 bits per heavy atom. The summed E-state index contributed by atoms with van der Waals surface area (Å²) in [5.41, 5.74) is 2.56. The van der Waals surface area contributed by atoms with Crippen molar-refractivity contribution in [2.24, 2.45) is 5.92 Å².